The maximum atomic E-state index is 11.3. The van der Waals surface area contributed by atoms with E-state index in [2.05, 4.69) is 20.3 Å². The van der Waals surface area contributed by atoms with Crippen molar-refractivity contribution in [1.82, 2.24) is 10.3 Å². The van der Waals surface area contributed by atoms with E-state index in [1.807, 2.05) is 0 Å². The van der Waals surface area contributed by atoms with Crippen LogP contribution in [0.25, 0.3) is 10.4 Å². The summed E-state index contributed by atoms with van der Waals surface area (Å²) in [5.41, 5.74) is 8.07. The number of carbonyl (C=O) groups excluding carboxylic acids is 1. The second-order valence-electron chi connectivity index (χ2n) is 2.72. The first-order chi connectivity index (χ1) is 7.65. The highest BCUT2D eigenvalue weighted by atomic mass is 16.6. The molecule has 0 aliphatic rings. The molecule has 0 radical (unpaired) electrons. The minimum absolute atomic E-state index is 0.0904. The molecule has 1 rings (SSSR count). The molecular formula is C7H8N6O3. The molecule has 9 heteroatoms. The zero-order chi connectivity index (χ0) is 12.0. The van der Waals surface area contributed by atoms with Gasteiger partial charge in [-0.1, -0.05) is 5.11 Å². The van der Waals surface area contributed by atoms with Gasteiger partial charge in [0.15, 0.2) is 5.69 Å². The van der Waals surface area contributed by atoms with E-state index in [1.165, 1.54) is 12.1 Å². The molecule has 0 unspecified atom stereocenters. The van der Waals surface area contributed by atoms with Crippen molar-refractivity contribution in [3.63, 3.8) is 0 Å². The SMILES string of the molecule is [N-]=[N+]=NCCNC(=O)c1ccc([N+](=O)[O-])[nH]1. The van der Waals surface area contributed by atoms with Gasteiger partial charge in [0.05, 0.1) is 0 Å². The molecule has 0 spiro atoms. The Labute approximate surface area is 89.2 Å². The molecule has 84 valence electrons. The number of nitro groups is 1. The molecule has 2 N–H and O–H groups in total. The van der Waals surface area contributed by atoms with E-state index in [4.69, 9.17) is 5.53 Å². The van der Waals surface area contributed by atoms with Crippen molar-refractivity contribution in [2.45, 2.75) is 0 Å². The van der Waals surface area contributed by atoms with Crippen LogP contribution in [0.3, 0.4) is 0 Å². The summed E-state index contributed by atoms with van der Waals surface area (Å²) < 4.78 is 0. The lowest BCUT2D eigenvalue weighted by molar-refractivity contribution is -0.389. The van der Waals surface area contributed by atoms with Crippen molar-refractivity contribution in [2.75, 3.05) is 13.1 Å². The minimum atomic E-state index is -0.628. The average molecular weight is 224 g/mol. The Bertz CT molecular complexity index is 447. The van der Waals surface area contributed by atoms with Gasteiger partial charge in [-0.25, -0.2) is 4.98 Å². The number of amides is 1. The first kappa shape index (κ1) is 11.5. The summed E-state index contributed by atoms with van der Waals surface area (Å²) in [6.07, 6.45) is 0. The maximum absolute atomic E-state index is 11.3. The monoisotopic (exact) mass is 224 g/mol. The number of hydrogen-bond acceptors (Lipinski definition) is 4. The van der Waals surface area contributed by atoms with Gasteiger partial charge in [-0.3, -0.25) is 4.79 Å². The summed E-state index contributed by atoms with van der Waals surface area (Å²) in [6, 6.07) is 2.50. The summed E-state index contributed by atoms with van der Waals surface area (Å²) in [4.78, 5) is 25.9. The lowest BCUT2D eigenvalue weighted by Crippen LogP contribution is -2.26. The van der Waals surface area contributed by atoms with E-state index in [9.17, 15) is 14.9 Å². The van der Waals surface area contributed by atoms with Crippen LogP contribution in [0, 0.1) is 10.1 Å². The smallest absolute Gasteiger partial charge is 0.321 e. The number of aromatic nitrogens is 1. The number of rotatable bonds is 5. The fourth-order valence-electron chi connectivity index (χ4n) is 0.982. The van der Waals surface area contributed by atoms with Crippen LogP contribution in [0.5, 0.6) is 0 Å². The molecular weight excluding hydrogens is 216 g/mol. The average Bonchev–Trinajstić information content (AvgIpc) is 2.73. The van der Waals surface area contributed by atoms with E-state index in [0.717, 1.165) is 0 Å². The number of H-pyrrole nitrogens is 1. The van der Waals surface area contributed by atoms with Crippen molar-refractivity contribution >= 4 is 11.7 Å². The molecule has 16 heavy (non-hydrogen) atoms. The predicted octanol–water partition coefficient (Wildman–Crippen LogP) is 0.963. The van der Waals surface area contributed by atoms with Gasteiger partial charge in [0, 0.05) is 24.1 Å². The summed E-state index contributed by atoms with van der Waals surface area (Å²) in [6.45, 7) is 0.306. The van der Waals surface area contributed by atoms with Crippen LogP contribution in [0.4, 0.5) is 5.82 Å². The molecule has 1 amide bonds. The summed E-state index contributed by atoms with van der Waals surface area (Å²) in [5, 5.41) is 16.0. The second kappa shape index (κ2) is 5.37. The Kier molecular flexibility index (Phi) is 3.87. The number of nitrogens with zero attached hydrogens (tertiary/aromatic N) is 4. The van der Waals surface area contributed by atoms with Crippen LogP contribution in [-0.4, -0.2) is 28.9 Å². The fraction of sp³-hybridized carbons (Fsp3) is 0.286. The Balaban J connectivity index is 2.52. The minimum Gasteiger partial charge on any atom is -0.358 e. The molecule has 0 fully saturated rings. The van der Waals surface area contributed by atoms with E-state index >= 15 is 0 Å². The summed E-state index contributed by atoms with van der Waals surface area (Å²) in [5.74, 6) is -0.735. The molecule has 0 aliphatic carbocycles. The highest BCUT2D eigenvalue weighted by molar-refractivity contribution is 5.92. The largest absolute Gasteiger partial charge is 0.358 e. The number of azide groups is 1. The van der Waals surface area contributed by atoms with Gasteiger partial charge in [0.2, 0.25) is 0 Å². The molecule has 0 aromatic carbocycles. The highest BCUT2D eigenvalue weighted by Crippen LogP contribution is 2.09. The van der Waals surface area contributed by atoms with Gasteiger partial charge in [0.1, 0.15) is 0 Å². The van der Waals surface area contributed by atoms with Gasteiger partial charge >= 0.3 is 5.82 Å². The third-order valence-electron chi connectivity index (χ3n) is 1.67. The Morgan fingerprint density at radius 3 is 3.00 bits per heavy atom. The van der Waals surface area contributed by atoms with Crippen molar-refractivity contribution in [2.24, 2.45) is 5.11 Å². The van der Waals surface area contributed by atoms with Crippen LogP contribution in [0.2, 0.25) is 0 Å². The van der Waals surface area contributed by atoms with Crippen LogP contribution in [0.1, 0.15) is 10.5 Å². The second-order valence-corrected chi connectivity index (χ2v) is 2.72. The summed E-state index contributed by atoms with van der Waals surface area (Å²) in [7, 11) is 0. The van der Waals surface area contributed by atoms with Gasteiger partial charge < -0.3 is 15.4 Å². The van der Waals surface area contributed by atoms with Gasteiger partial charge in [0.25, 0.3) is 5.91 Å². The van der Waals surface area contributed by atoms with Gasteiger partial charge in [-0.05, 0) is 16.5 Å². The summed E-state index contributed by atoms with van der Waals surface area (Å²) >= 11 is 0. The molecule has 1 heterocycles. The Morgan fingerprint density at radius 1 is 1.69 bits per heavy atom. The number of nitrogens with one attached hydrogen (secondary N) is 2. The number of carbonyl (C=O) groups is 1. The van der Waals surface area contributed by atoms with Crippen LogP contribution in [-0.2, 0) is 0 Å². The molecule has 0 saturated heterocycles. The molecule has 9 nitrogen and oxygen atoms in total. The third kappa shape index (κ3) is 3.00. The van der Waals surface area contributed by atoms with Crippen molar-refractivity contribution in [1.29, 1.82) is 0 Å². The molecule has 0 atom stereocenters. The molecule has 1 aromatic rings. The topological polar surface area (TPSA) is 137 Å². The maximum Gasteiger partial charge on any atom is 0.321 e. The zero-order valence-electron chi connectivity index (χ0n) is 8.08. The van der Waals surface area contributed by atoms with E-state index in [1.54, 1.807) is 0 Å². The molecule has 0 aliphatic heterocycles. The first-order valence-electron chi connectivity index (χ1n) is 4.27. The van der Waals surface area contributed by atoms with Crippen molar-refractivity contribution < 1.29 is 9.72 Å². The predicted molar refractivity (Wildman–Crippen MR) is 53.8 cm³/mol. The highest BCUT2D eigenvalue weighted by Gasteiger charge is 2.14. The quantitative estimate of drug-likeness (QED) is 0.192. The Hall–Kier alpha value is -2.54. The normalized spacial score (nSPS) is 9.25. The first-order valence-corrected chi connectivity index (χ1v) is 4.27. The van der Waals surface area contributed by atoms with Gasteiger partial charge in [-0.2, -0.15) is 0 Å². The molecule has 1 aromatic heterocycles. The van der Waals surface area contributed by atoms with E-state index in [0.29, 0.717) is 0 Å². The fourth-order valence-corrected chi connectivity index (χ4v) is 0.982. The van der Waals surface area contributed by atoms with Crippen molar-refractivity contribution in [3.8, 4) is 0 Å². The zero-order valence-corrected chi connectivity index (χ0v) is 8.08. The van der Waals surface area contributed by atoms with Crippen LogP contribution < -0.4 is 5.32 Å². The lowest BCUT2D eigenvalue weighted by Gasteiger charge is -1.97. The molecule has 0 saturated carbocycles. The number of aromatic amines is 1. The Morgan fingerprint density at radius 2 is 2.44 bits per heavy atom. The van der Waals surface area contributed by atoms with Gasteiger partial charge in [-0.15, -0.1) is 0 Å². The van der Waals surface area contributed by atoms with Crippen LogP contribution >= 0.6 is 0 Å². The number of hydrogen-bond donors (Lipinski definition) is 2. The van der Waals surface area contributed by atoms with E-state index in [-0.39, 0.29) is 24.6 Å². The lowest BCUT2D eigenvalue weighted by atomic mass is 10.4. The standard InChI is InChI=1S/C7H8N6O3/c8-12-10-4-3-9-7(14)5-1-2-6(11-5)13(15)16/h1-2,11H,3-4H2,(H,9,14). The van der Waals surface area contributed by atoms with E-state index < -0.39 is 10.8 Å². The van der Waals surface area contributed by atoms with Crippen LogP contribution in [0.15, 0.2) is 17.2 Å². The van der Waals surface area contributed by atoms with Crippen molar-refractivity contribution in [3.05, 3.63) is 38.4 Å². The molecule has 0 bridgehead atoms. The third-order valence-corrected chi connectivity index (χ3v) is 1.67.